The predicted octanol–water partition coefficient (Wildman–Crippen LogP) is 4.64. The first-order valence-electron chi connectivity index (χ1n) is 14.8. The average Bonchev–Trinajstić information content (AvgIpc) is 3.55. The van der Waals surface area contributed by atoms with Crippen molar-refractivity contribution in [3.05, 3.63) is 83.6 Å². The van der Waals surface area contributed by atoms with Crippen LogP contribution in [0.2, 0.25) is 0 Å². The Bertz CT molecular complexity index is 1520. The Hall–Kier alpha value is -3.95. The number of aryl methyl sites for hydroxylation is 3. The van der Waals surface area contributed by atoms with Crippen molar-refractivity contribution in [2.24, 2.45) is 12.8 Å². The molecule has 0 bridgehead atoms. The van der Waals surface area contributed by atoms with Gasteiger partial charge in [0.25, 0.3) is 5.91 Å². The Morgan fingerprint density at radius 1 is 1.17 bits per heavy atom. The number of fused-ring (bicyclic) bond motifs is 1. The van der Waals surface area contributed by atoms with Gasteiger partial charge in [-0.2, -0.15) is 0 Å². The van der Waals surface area contributed by atoms with Crippen LogP contribution in [-0.2, 0) is 29.5 Å². The minimum atomic E-state index is -0.282. The summed E-state index contributed by atoms with van der Waals surface area (Å²) in [5, 5.41) is 4.18. The monoisotopic (exact) mass is 570 g/mol. The zero-order valence-corrected chi connectivity index (χ0v) is 24.9. The fourth-order valence-corrected chi connectivity index (χ4v) is 6.28. The predicted molar refractivity (Wildman–Crippen MR) is 166 cm³/mol. The molecule has 0 radical (unpaired) electrons. The summed E-state index contributed by atoms with van der Waals surface area (Å²) in [6.07, 6.45) is 7.03. The number of carbonyl (C=O) groups is 2. The van der Waals surface area contributed by atoms with Crippen molar-refractivity contribution in [2.45, 2.75) is 57.5 Å². The van der Waals surface area contributed by atoms with Gasteiger partial charge in [0.2, 0.25) is 5.91 Å². The summed E-state index contributed by atoms with van der Waals surface area (Å²) in [5.41, 5.74) is 12.6. The van der Waals surface area contributed by atoms with E-state index in [0.29, 0.717) is 30.1 Å². The van der Waals surface area contributed by atoms with Gasteiger partial charge in [-0.15, -0.1) is 0 Å². The van der Waals surface area contributed by atoms with Gasteiger partial charge in [0, 0.05) is 81.1 Å². The van der Waals surface area contributed by atoms with E-state index in [2.05, 4.69) is 46.1 Å². The van der Waals surface area contributed by atoms with E-state index < -0.39 is 0 Å². The van der Waals surface area contributed by atoms with Crippen molar-refractivity contribution in [3.8, 4) is 0 Å². The number of para-hydroxylation sites is 1. The molecule has 2 aromatic heterocycles. The van der Waals surface area contributed by atoms with Gasteiger partial charge in [0.05, 0.1) is 12.5 Å². The van der Waals surface area contributed by atoms with Gasteiger partial charge < -0.3 is 29.8 Å². The number of likely N-dealkylation sites (tertiary alicyclic amines) is 1. The fourth-order valence-electron chi connectivity index (χ4n) is 6.28. The van der Waals surface area contributed by atoms with E-state index in [1.807, 2.05) is 29.2 Å². The molecule has 222 valence electrons. The van der Waals surface area contributed by atoms with Gasteiger partial charge in [-0.1, -0.05) is 30.3 Å². The molecule has 3 N–H and O–H groups in total. The number of methoxy groups -OCH3 is 1. The number of imidazole rings is 1. The second-order valence-electron chi connectivity index (χ2n) is 11.4. The third-order valence-electron chi connectivity index (χ3n) is 8.36. The number of amides is 2. The second kappa shape index (κ2) is 13.4. The molecule has 0 saturated carbocycles. The first kappa shape index (κ1) is 29.5. The van der Waals surface area contributed by atoms with Crippen LogP contribution in [0.4, 0.5) is 5.69 Å². The maximum atomic E-state index is 13.4. The molecule has 1 saturated heterocycles. The third-order valence-corrected chi connectivity index (χ3v) is 8.36. The molecule has 1 aliphatic heterocycles. The van der Waals surface area contributed by atoms with Crippen LogP contribution in [-0.4, -0.2) is 63.7 Å². The summed E-state index contributed by atoms with van der Waals surface area (Å²) in [6, 6.07) is 15.9. The fraction of sp³-hybridized carbons (Fsp3) is 0.424. The summed E-state index contributed by atoms with van der Waals surface area (Å²) in [7, 11) is 3.53. The molecule has 1 unspecified atom stereocenters. The van der Waals surface area contributed by atoms with Crippen molar-refractivity contribution < 1.29 is 14.3 Å². The Labute approximate surface area is 247 Å². The highest BCUT2D eigenvalue weighted by Crippen LogP contribution is 2.36. The topological polar surface area (TPSA) is 107 Å². The molecule has 4 aromatic rings. The van der Waals surface area contributed by atoms with Crippen molar-refractivity contribution in [2.75, 3.05) is 32.1 Å². The zero-order valence-electron chi connectivity index (χ0n) is 24.9. The lowest BCUT2D eigenvalue weighted by atomic mass is 9.91. The van der Waals surface area contributed by atoms with Crippen molar-refractivity contribution in [1.82, 2.24) is 19.0 Å². The lowest BCUT2D eigenvalue weighted by molar-refractivity contribution is -0.132. The summed E-state index contributed by atoms with van der Waals surface area (Å²) >= 11 is 0. The largest absolute Gasteiger partial charge is 0.385 e. The number of carbonyl (C=O) groups excluding carboxylic acids is 2. The standard InChI is InChI=1S/C33H42N6O3/c1-23-28-9-4-5-10-29(28)39(16-7-17-42-3)32(23)25-8-6-15-38(21-25)31(40)19-26(34)18-24-11-13-27(14-12-24)36-33(41)30-20-35-22-37(30)2/h4-5,9-14,20,22,25-26H,6-8,15-19,21,34H2,1-3H3,(H,36,41)/t25?,26-/m1/s1. The van der Waals surface area contributed by atoms with Gasteiger partial charge in [-0.25, -0.2) is 4.98 Å². The number of aromatic nitrogens is 3. The molecule has 2 aromatic carbocycles. The molecular formula is C33H42N6O3. The molecule has 9 heteroatoms. The van der Waals surface area contributed by atoms with Crippen LogP contribution in [0.3, 0.4) is 0 Å². The van der Waals surface area contributed by atoms with E-state index >= 15 is 0 Å². The summed E-state index contributed by atoms with van der Waals surface area (Å²) in [6.45, 7) is 5.34. The molecule has 5 rings (SSSR count). The Morgan fingerprint density at radius 2 is 1.95 bits per heavy atom. The SMILES string of the molecule is COCCCn1c(C2CCCN(C(=O)C[C@H](N)Cc3ccc(NC(=O)c4cncn4C)cc3)C2)c(C)c2ccccc21. The number of piperidine rings is 1. The highest BCUT2D eigenvalue weighted by Gasteiger charge is 2.29. The molecule has 42 heavy (non-hydrogen) atoms. The Kier molecular flexibility index (Phi) is 9.39. The van der Waals surface area contributed by atoms with Crippen LogP contribution in [0.1, 0.15) is 58.9 Å². The van der Waals surface area contributed by atoms with Crippen LogP contribution >= 0.6 is 0 Å². The van der Waals surface area contributed by atoms with Crippen LogP contribution in [0.25, 0.3) is 10.9 Å². The number of nitrogens with one attached hydrogen (secondary N) is 1. The van der Waals surface area contributed by atoms with E-state index in [-0.39, 0.29) is 17.9 Å². The van der Waals surface area contributed by atoms with Crippen molar-refractivity contribution in [3.63, 3.8) is 0 Å². The zero-order chi connectivity index (χ0) is 29.6. The highest BCUT2D eigenvalue weighted by molar-refractivity contribution is 6.02. The molecule has 2 amide bonds. The molecule has 3 heterocycles. The van der Waals surface area contributed by atoms with E-state index in [1.165, 1.54) is 28.4 Å². The second-order valence-corrected chi connectivity index (χ2v) is 11.4. The number of rotatable bonds is 11. The van der Waals surface area contributed by atoms with E-state index in [4.69, 9.17) is 10.5 Å². The molecular weight excluding hydrogens is 528 g/mol. The van der Waals surface area contributed by atoms with Gasteiger partial charge in [-0.3, -0.25) is 9.59 Å². The van der Waals surface area contributed by atoms with Gasteiger partial charge in [0.1, 0.15) is 5.69 Å². The minimum absolute atomic E-state index is 0.118. The number of nitrogens with zero attached hydrogens (tertiary/aromatic N) is 4. The number of hydrogen-bond acceptors (Lipinski definition) is 5. The normalized spacial score (nSPS) is 16.1. The first-order chi connectivity index (χ1) is 20.4. The lowest BCUT2D eigenvalue weighted by Gasteiger charge is -2.34. The number of nitrogens with two attached hydrogens (primary N) is 1. The average molecular weight is 571 g/mol. The van der Waals surface area contributed by atoms with Gasteiger partial charge in [-0.05, 0) is 61.9 Å². The first-order valence-corrected chi connectivity index (χ1v) is 14.8. The van der Waals surface area contributed by atoms with Crippen molar-refractivity contribution in [1.29, 1.82) is 0 Å². The molecule has 1 fully saturated rings. The van der Waals surface area contributed by atoms with Gasteiger partial charge >= 0.3 is 0 Å². The van der Waals surface area contributed by atoms with Crippen LogP contribution in [0.15, 0.2) is 61.1 Å². The maximum Gasteiger partial charge on any atom is 0.273 e. The molecule has 0 spiro atoms. The van der Waals surface area contributed by atoms with Crippen LogP contribution in [0.5, 0.6) is 0 Å². The van der Waals surface area contributed by atoms with Crippen LogP contribution < -0.4 is 11.1 Å². The van der Waals surface area contributed by atoms with Crippen molar-refractivity contribution >= 4 is 28.4 Å². The Morgan fingerprint density at radius 3 is 2.69 bits per heavy atom. The summed E-state index contributed by atoms with van der Waals surface area (Å²) in [4.78, 5) is 31.9. The molecule has 2 atom stereocenters. The van der Waals surface area contributed by atoms with E-state index in [0.717, 1.165) is 51.1 Å². The lowest BCUT2D eigenvalue weighted by Crippen LogP contribution is -2.42. The smallest absolute Gasteiger partial charge is 0.273 e. The summed E-state index contributed by atoms with van der Waals surface area (Å²) in [5.74, 6) is 0.199. The minimum Gasteiger partial charge on any atom is -0.385 e. The third kappa shape index (κ3) is 6.58. The number of hydrogen-bond donors (Lipinski definition) is 2. The quantitative estimate of drug-likeness (QED) is 0.256. The van der Waals surface area contributed by atoms with Crippen LogP contribution in [0, 0.1) is 6.92 Å². The van der Waals surface area contributed by atoms with E-state index in [9.17, 15) is 9.59 Å². The molecule has 0 aliphatic carbocycles. The highest BCUT2D eigenvalue weighted by atomic mass is 16.5. The summed E-state index contributed by atoms with van der Waals surface area (Å²) < 4.78 is 9.47. The Balaban J connectivity index is 1.20. The van der Waals surface area contributed by atoms with E-state index in [1.54, 1.807) is 25.1 Å². The maximum absolute atomic E-state index is 13.4. The van der Waals surface area contributed by atoms with Gasteiger partial charge in [0.15, 0.2) is 0 Å². The number of benzene rings is 2. The molecule has 9 nitrogen and oxygen atoms in total. The number of anilines is 1. The number of ether oxygens (including phenoxy) is 1. The molecule has 1 aliphatic rings.